The van der Waals surface area contributed by atoms with Gasteiger partial charge in [-0.1, -0.05) is 0 Å². The SMILES string of the molecule is COC(C)CNCC(C)(O)CO. The van der Waals surface area contributed by atoms with Gasteiger partial charge in [0.25, 0.3) is 0 Å². The predicted octanol–water partition coefficient (Wildman–Crippen LogP) is -0.646. The molecule has 0 aliphatic carbocycles. The van der Waals surface area contributed by atoms with Crippen molar-refractivity contribution in [3.63, 3.8) is 0 Å². The second-order valence-electron chi connectivity index (χ2n) is 3.33. The van der Waals surface area contributed by atoms with Gasteiger partial charge in [0.1, 0.15) is 0 Å². The number of methoxy groups -OCH3 is 1. The predicted molar refractivity (Wildman–Crippen MR) is 47.1 cm³/mol. The zero-order chi connectivity index (χ0) is 9.61. The van der Waals surface area contributed by atoms with Crippen LogP contribution in [0.25, 0.3) is 0 Å². The molecule has 0 amide bonds. The fourth-order valence-corrected chi connectivity index (χ4v) is 0.684. The first kappa shape index (κ1) is 11.8. The molecule has 0 spiro atoms. The average molecular weight is 177 g/mol. The molecule has 0 aliphatic heterocycles. The lowest BCUT2D eigenvalue weighted by Gasteiger charge is -2.21. The Morgan fingerprint density at radius 3 is 2.58 bits per heavy atom. The molecule has 0 saturated heterocycles. The molecule has 2 atom stereocenters. The summed E-state index contributed by atoms with van der Waals surface area (Å²) in [7, 11) is 1.64. The van der Waals surface area contributed by atoms with E-state index >= 15 is 0 Å². The normalized spacial score (nSPS) is 18.8. The first-order chi connectivity index (χ1) is 5.52. The maximum Gasteiger partial charge on any atom is 0.0972 e. The summed E-state index contributed by atoms with van der Waals surface area (Å²) in [5.74, 6) is 0. The molecular formula is C8H19NO3. The van der Waals surface area contributed by atoms with Gasteiger partial charge < -0.3 is 20.3 Å². The Morgan fingerprint density at radius 2 is 2.17 bits per heavy atom. The molecule has 0 rings (SSSR count). The molecule has 0 radical (unpaired) electrons. The van der Waals surface area contributed by atoms with Gasteiger partial charge in [0.15, 0.2) is 0 Å². The van der Waals surface area contributed by atoms with Crippen molar-refractivity contribution in [3.8, 4) is 0 Å². The van der Waals surface area contributed by atoms with Gasteiger partial charge in [0.05, 0.1) is 18.3 Å². The van der Waals surface area contributed by atoms with Gasteiger partial charge in [0, 0.05) is 20.2 Å². The van der Waals surface area contributed by atoms with E-state index in [2.05, 4.69) is 5.32 Å². The minimum absolute atomic E-state index is 0.125. The van der Waals surface area contributed by atoms with E-state index in [1.807, 2.05) is 6.92 Å². The maximum atomic E-state index is 9.36. The minimum atomic E-state index is -1.03. The van der Waals surface area contributed by atoms with Crippen molar-refractivity contribution in [1.82, 2.24) is 5.32 Å². The molecule has 0 fully saturated rings. The van der Waals surface area contributed by atoms with Crippen LogP contribution in [0.1, 0.15) is 13.8 Å². The maximum absolute atomic E-state index is 9.36. The molecule has 0 aromatic carbocycles. The molecule has 0 heterocycles. The quantitative estimate of drug-likeness (QED) is 0.505. The molecule has 4 nitrogen and oxygen atoms in total. The van der Waals surface area contributed by atoms with Crippen molar-refractivity contribution < 1.29 is 14.9 Å². The lowest BCUT2D eigenvalue weighted by Crippen LogP contribution is -2.43. The van der Waals surface area contributed by atoms with Gasteiger partial charge in [-0.2, -0.15) is 0 Å². The molecule has 0 aromatic rings. The fraction of sp³-hybridized carbons (Fsp3) is 1.00. The molecule has 3 N–H and O–H groups in total. The van der Waals surface area contributed by atoms with E-state index in [9.17, 15) is 5.11 Å². The lowest BCUT2D eigenvalue weighted by molar-refractivity contribution is 0.0000547. The number of rotatable bonds is 6. The topological polar surface area (TPSA) is 61.7 Å². The first-order valence-corrected chi connectivity index (χ1v) is 4.08. The lowest BCUT2D eigenvalue weighted by atomic mass is 10.1. The van der Waals surface area contributed by atoms with Gasteiger partial charge in [0.2, 0.25) is 0 Å². The third kappa shape index (κ3) is 5.49. The number of hydrogen-bond donors (Lipinski definition) is 3. The summed E-state index contributed by atoms with van der Waals surface area (Å²) in [5.41, 5.74) is -1.03. The van der Waals surface area contributed by atoms with Crippen LogP contribution >= 0.6 is 0 Å². The minimum Gasteiger partial charge on any atom is -0.393 e. The molecular weight excluding hydrogens is 158 g/mol. The van der Waals surface area contributed by atoms with Crippen LogP contribution in [0.5, 0.6) is 0 Å². The van der Waals surface area contributed by atoms with Crippen LogP contribution in [-0.2, 0) is 4.74 Å². The van der Waals surface area contributed by atoms with Crippen molar-refractivity contribution in [2.24, 2.45) is 0 Å². The molecule has 0 saturated carbocycles. The summed E-state index contributed by atoms with van der Waals surface area (Å²) in [6, 6.07) is 0. The second-order valence-corrected chi connectivity index (χ2v) is 3.33. The highest BCUT2D eigenvalue weighted by atomic mass is 16.5. The van der Waals surface area contributed by atoms with Gasteiger partial charge in [-0.05, 0) is 13.8 Å². The summed E-state index contributed by atoms with van der Waals surface area (Å²) in [4.78, 5) is 0. The third-order valence-corrected chi connectivity index (χ3v) is 1.68. The molecule has 2 unspecified atom stereocenters. The summed E-state index contributed by atoms with van der Waals surface area (Å²) in [6.07, 6.45) is 0.125. The average Bonchev–Trinajstić information content (AvgIpc) is 2.04. The van der Waals surface area contributed by atoms with E-state index in [4.69, 9.17) is 9.84 Å². The van der Waals surface area contributed by atoms with Crippen LogP contribution in [0, 0.1) is 0 Å². The molecule has 0 aliphatic rings. The summed E-state index contributed by atoms with van der Waals surface area (Å²) in [5, 5.41) is 21.0. The highest BCUT2D eigenvalue weighted by molar-refractivity contribution is 4.74. The number of aliphatic hydroxyl groups excluding tert-OH is 1. The molecule has 74 valence electrons. The Labute approximate surface area is 73.5 Å². The van der Waals surface area contributed by atoms with Crippen LogP contribution in [0.3, 0.4) is 0 Å². The van der Waals surface area contributed by atoms with Crippen molar-refractivity contribution >= 4 is 0 Å². The second kappa shape index (κ2) is 5.48. The zero-order valence-electron chi connectivity index (χ0n) is 8.00. The van der Waals surface area contributed by atoms with E-state index in [0.717, 1.165) is 0 Å². The van der Waals surface area contributed by atoms with Crippen LogP contribution in [0.4, 0.5) is 0 Å². The van der Waals surface area contributed by atoms with Crippen LogP contribution in [0.15, 0.2) is 0 Å². The summed E-state index contributed by atoms with van der Waals surface area (Å²) in [6.45, 7) is 4.32. The van der Waals surface area contributed by atoms with Crippen LogP contribution in [-0.4, -0.2) is 48.7 Å². The van der Waals surface area contributed by atoms with E-state index in [0.29, 0.717) is 13.1 Å². The number of aliphatic hydroxyl groups is 2. The van der Waals surface area contributed by atoms with E-state index in [-0.39, 0.29) is 12.7 Å². The van der Waals surface area contributed by atoms with Crippen LogP contribution in [0.2, 0.25) is 0 Å². The number of ether oxygens (including phenoxy) is 1. The Kier molecular flexibility index (Phi) is 5.41. The molecule has 4 heteroatoms. The van der Waals surface area contributed by atoms with Crippen molar-refractivity contribution in [2.45, 2.75) is 25.6 Å². The Bertz CT molecular complexity index is 117. The zero-order valence-corrected chi connectivity index (χ0v) is 8.00. The van der Waals surface area contributed by atoms with Gasteiger partial charge in [-0.15, -0.1) is 0 Å². The monoisotopic (exact) mass is 177 g/mol. The van der Waals surface area contributed by atoms with E-state index in [1.54, 1.807) is 14.0 Å². The van der Waals surface area contributed by atoms with Crippen molar-refractivity contribution in [1.29, 1.82) is 0 Å². The highest BCUT2D eigenvalue weighted by Crippen LogP contribution is 1.98. The molecule has 0 bridgehead atoms. The number of nitrogens with one attached hydrogen (secondary N) is 1. The van der Waals surface area contributed by atoms with Crippen molar-refractivity contribution in [2.75, 3.05) is 26.8 Å². The first-order valence-electron chi connectivity index (χ1n) is 4.08. The van der Waals surface area contributed by atoms with Crippen LogP contribution < -0.4 is 5.32 Å². The fourth-order valence-electron chi connectivity index (χ4n) is 0.684. The molecule has 0 aromatic heterocycles. The summed E-state index contributed by atoms with van der Waals surface area (Å²) < 4.78 is 4.99. The smallest absolute Gasteiger partial charge is 0.0972 e. The Hall–Kier alpha value is -0.160. The van der Waals surface area contributed by atoms with Gasteiger partial charge in [-0.25, -0.2) is 0 Å². The van der Waals surface area contributed by atoms with Gasteiger partial charge in [-0.3, -0.25) is 0 Å². The highest BCUT2D eigenvalue weighted by Gasteiger charge is 2.18. The molecule has 12 heavy (non-hydrogen) atoms. The van der Waals surface area contributed by atoms with Gasteiger partial charge >= 0.3 is 0 Å². The number of hydrogen-bond acceptors (Lipinski definition) is 4. The van der Waals surface area contributed by atoms with E-state index in [1.165, 1.54) is 0 Å². The van der Waals surface area contributed by atoms with Crippen molar-refractivity contribution in [3.05, 3.63) is 0 Å². The Balaban J connectivity index is 3.42. The third-order valence-electron chi connectivity index (χ3n) is 1.68. The largest absolute Gasteiger partial charge is 0.393 e. The summed E-state index contributed by atoms with van der Waals surface area (Å²) >= 11 is 0. The van der Waals surface area contributed by atoms with E-state index < -0.39 is 5.60 Å². The standard InChI is InChI=1S/C8H19NO3/c1-7(12-3)4-9-5-8(2,11)6-10/h7,9-11H,4-6H2,1-3H3. The Morgan fingerprint density at radius 1 is 1.58 bits per heavy atom.